The fourth-order valence-corrected chi connectivity index (χ4v) is 3.00. The second-order valence-corrected chi connectivity index (χ2v) is 6.03. The van der Waals surface area contributed by atoms with E-state index in [0.717, 1.165) is 56.8 Å². The number of ether oxygens (including phenoxy) is 2. The average molecular weight is 358 g/mol. The van der Waals surface area contributed by atoms with Crippen LogP contribution in [0.4, 0.5) is 0 Å². The molecule has 0 bridgehead atoms. The lowest BCUT2D eigenvalue weighted by molar-refractivity contribution is -0.137. The summed E-state index contributed by atoms with van der Waals surface area (Å²) in [6.45, 7) is 3.43. The van der Waals surface area contributed by atoms with Gasteiger partial charge in [-0.25, -0.2) is 0 Å². The summed E-state index contributed by atoms with van der Waals surface area (Å²) < 4.78 is 11.2. The Morgan fingerprint density at radius 2 is 2.17 bits per heavy atom. The molecular formula is C18H28ClNO4. The maximum Gasteiger partial charge on any atom is 0.303 e. The summed E-state index contributed by atoms with van der Waals surface area (Å²) in [6.07, 6.45) is 4.37. The van der Waals surface area contributed by atoms with Gasteiger partial charge in [-0.1, -0.05) is 18.2 Å². The van der Waals surface area contributed by atoms with Gasteiger partial charge < -0.3 is 14.6 Å². The second-order valence-electron chi connectivity index (χ2n) is 6.03. The quantitative estimate of drug-likeness (QED) is 0.651. The summed E-state index contributed by atoms with van der Waals surface area (Å²) in [7, 11) is 1.69. The minimum Gasteiger partial charge on any atom is -0.496 e. The molecule has 1 unspecified atom stereocenters. The van der Waals surface area contributed by atoms with Crippen molar-refractivity contribution in [3.63, 3.8) is 0 Å². The molecule has 2 rings (SSSR count). The van der Waals surface area contributed by atoms with Crippen LogP contribution in [0.5, 0.6) is 5.75 Å². The Morgan fingerprint density at radius 3 is 2.83 bits per heavy atom. The van der Waals surface area contributed by atoms with Crippen molar-refractivity contribution in [2.24, 2.45) is 0 Å². The van der Waals surface area contributed by atoms with E-state index in [1.807, 2.05) is 18.2 Å². The first kappa shape index (κ1) is 20.7. The van der Waals surface area contributed by atoms with Crippen LogP contribution in [0.2, 0.25) is 0 Å². The summed E-state index contributed by atoms with van der Waals surface area (Å²) in [5, 5.41) is 8.76. The molecular weight excluding hydrogens is 330 g/mol. The lowest BCUT2D eigenvalue weighted by Crippen LogP contribution is -2.32. The van der Waals surface area contributed by atoms with E-state index in [2.05, 4.69) is 11.0 Å². The molecule has 0 aromatic heterocycles. The standard InChI is InChI=1S/C18H27NO4.ClH/c1-22-17-9-3-2-7-15(17)13-19(11-5-4-10-18(20)21)14-16-8-6-12-23-16;/h2-3,7,9,16H,4-6,8,10-14H2,1H3,(H,20,21);1H. The number of benzene rings is 1. The van der Waals surface area contributed by atoms with Crippen molar-refractivity contribution in [1.29, 1.82) is 0 Å². The number of para-hydroxylation sites is 1. The van der Waals surface area contributed by atoms with Gasteiger partial charge in [0.2, 0.25) is 0 Å². The number of rotatable bonds is 10. The third kappa shape index (κ3) is 7.07. The summed E-state index contributed by atoms with van der Waals surface area (Å²) >= 11 is 0. The van der Waals surface area contributed by atoms with Gasteiger partial charge in [0, 0.05) is 31.7 Å². The zero-order chi connectivity index (χ0) is 16.5. The van der Waals surface area contributed by atoms with Crippen LogP contribution >= 0.6 is 12.4 Å². The first-order chi connectivity index (χ1) is 11.2. The van der Waals surface area contributed by atoms with Crippen LogP contribution in [0.25, 0.3) is 0 Å². The van der Waals surface area contributed by atoms with Crippen LogP contribution in [0.15, 0.2) is 24.3 Å². The number of hydrogen-bond acceptors (Lipinski definition) is 4. The van der Waals surface area contributed by atoms with Gasteiger partial charge in [-0.15, -0.1) is 12.4 Å². The fourth-order valence-electron chi connectivity index (χ4n) is 3.00. The van der Waals surface area contributed by atoms with Crippen LogP contribution in [0.3, 0.4) is 0 Å². The molecule has 1 fully saturated rings. The first-order valence-electron chi connectivity index (χ1n) is 8.36. The van der Waals surface area contributed by atoms with E-state index in [4.69, 9.17) is 14.6 Å². The molecule has 1 aliphatic heterocycles. The number of carboxylic acids is 1. The largest absolute Gasteiger partial charge is 0.496 e. The minimum atomic E-state index is -0.722. The molecule has 5 nitrogen and oxygen atoms in total. The van der Waals surface area contributed by atoms with Crippen molar-refractivity contribution in [3.05, 3.63) is 29.8 Å². The van der Waals surface area contributed by atoms with Crippen molar-refractivity contribution in [2.45, 2.75) is 44.8 Å². The van der Waals surface area contributed by atoms with E-state index in [1.54, 1.807) is 7.11 Å². The number of carbonyl (C=O) groups is 1. The molecule has 24 heavy (non-hydrogen) atoms. The van der Waals surface area contributed by atoms with E-state index in [1.165, 1.54) is 0 Å². The number of halogens is 1. The third-order valence-electron chi connectivity index (χ3n) is 4.19. The van der Waals surface area contributed by atoms with Gasteiger partial charge in [-0.3, -0.25) is 9.69 Å². The summed E-state index contributed by atoms with van der Waals surface area (Å²) in [4.78, 5) is 13.0. The van der Waals surface area contributed by atoms with Crippen molar-refractivity contribution >= 4 is 18.4 Å². The molecule has 1 aromatic rings. The number of nitrogens with zero attached hydrogens (tertiary/aromatic N) is 1. The average Bonchev–Trinajstić information content (AvgIpc) is 3.04. The number of hydrogen-bond donors (Lipinski definition) is 1. The van der Waals surface area contributed by atoms with Crippen molar-refractivity contribution in [1.82, 2.24) is 4.90 Å². The Hall–Kier alpha value is -1.30. The summed E-state index contributed by atoms with van der Waals surface area (Å²) in [6, 6.07) is 8.05. The lowest BCUT2D eigenvalue weighted by Gasteiger charge is -2.26. The molecule has 0 amide bonds. The molecule has 1 aromatic carbocycles. The summed E-state index contributed by atoms with van der Waals surface area (Å²) in [5.41, 5.74) is 1.16. The van der Waals surface area contributed by atoms with Gasteiger partial charge in [0.25, 0.3) is 0 Å². The molecule has 0 spiro atoms. The number of carboxylic acid groups (broad SMARTS) is 1. The highest BCUT2D eigenvalue weighted by molar-refractivity contribution is 5.85. The predicted molar refractivity (Wildman–Crippen MR) is 96.0 cm³/mol. The molecule has 0 aliphatic carbocycles. The Bertz CT molecular complexity index is 492. The maximum absolute atomic E-state index is 10.6. The molecule has 1 atom stereocenters. The first-order valence-corrected chi connectivity index (χ1v) is 8.36. The topological polar surface area (TPSA) is 59.0 Å². The van der Waals surface area contributed by atoms with Crippen LogP contribution in [0, 0.1) is 0 Å². The fraction of sp³-hybridized carbons (Fsp3) is 0.611. The van der Waals surface area contributed by atoms with E-state index < -0.39 is 5.97 Å². The highest BCUT2D eigenvalue weighted by Crippen LogP contribution is 2.21. The van der Waals surface area contributed by atoms with Crippen molar-refractivity contribution in [3.8, 4) is 5.75 Å². The smallest absolute Gasteiger partial charge is 0.303 e. The van der Waals surface area contributed by atoms with Gasteiger partial charge in [-0.2, -0.15) is 0 Å². The molecule has 0 saturated carbocycles. The van der Waals surface area contributed by atoms with Gasteiger partial charge in [-0.05, 0) is 38.3 Å². The third-order valence-corrected chi connectivity index (χ3v) is 4.19. The predicted octanol–water partition coefficient (Wildman–Crippen LogP) is 3.35. The summed E-state index contributed by atoms with van der Waals surface area (Å²) in [5.74, 6) is 0.177. The molecule has 1 saturated heterocycles. The number of methoxy groups -OCH3 is 1. The van der Waals surface area contributed by atoms with Crippen LogP contribution in [-0.4, -0.2) is 48.9 Å². The Morgan fingerprint density at radius 1 is 1.38 bits per heavy atom. The van der Waals surface area contributed by atoms with Crippen molar-refractivity contribution in [2.75, 3.05) is 26.8 Å². The van der Waals surface area contributed by atoms with Crippen LogP contribution in [-0.2, 0) is 16.1 Å². The zero-order valence-corrected chi connectivity index (χ0v) is 15.1. The molecule has 1 heterocycles. The van der Waals surface area contributed by atoms with E-state index in [-0.39, 0.29) is 18.8 Å². The Kier molecular flexibility index (Phi) is 9.76. The second kappa shape index (κ2) is 11.3. The number of unbranched alkanes of at least 4 members (excludes halogenated alkanes) is 1. The Balaban J connectivity index is 0.00000288. The van der Waals surface area contributed by atoms with E-state index in [0.29, 0.717) is 12.5 Å². The van der Waals surface area contributed by atoms with E-state index >= 15 is 0 Å². The molecule has 6 heteroatoms. The molecule has 1 aliphatic rings. The normalized spacial score (nSPS) is 16.8. The van der Waals surface area contributed by atoms with Gasteiger partial charge in [0.15, 0.2) is 0 Å². The van der Waals surface area contributed by atoms with Crippen LogP contribution < -0.4 is 4.74 Å². The molecule has 0 radical (unpaired) electrons. The van der Waals surface area contributed by atoms with Gasteiger partial charge in [0.1, 0.15) is 5.75 Å². The zero-order valence-electron chi connectivity index (χ0n) is 14.3. The van der Waals surface area contributed by atoms with Crippen LogP contribution in [0.1, 0.15) is 37.7 Å². The molecule has 1 N–H and O–H groups in total. The van der Waals surface area contributed by atoms with Gasteiger partial charge in [0.05, 0.1) is 13.2 Å². The lowest BCUT2D eigenvalue weighted by atomic mass is 10.1. The SMILES string of the molecule is COc1ccccc1CN(CCCCC(=O)O)CC1CCCO1.Cl. The Labute approximate surface area is 150 Å². The van der Waals surface area contributed by atoms with Gasteiger partial charge >= 0.3 is 5.97 Å². The molecule has 136 valence electrons. The van der Waals surface area contributed by atoms with E-state index in [9.17, 15) is 4.79 Å². The highest BCUT2D eigenvalue weighted by Gasteiger charge is 2.20. The van der Waals surface area contributed by atoms with Crippen molar-refractivity contribution < 1.29 is 19.4 Å². The highest BCUT2D eigenvalue weighted by atomic mass is 35.5. The maximum atomic E-state index is 10.6. The minimum absolute atomic E-state index is 0. The monoisotopic (exact) mass is 357 g/mol. The number of aliphatic carboxylic acids is 1.